The van der Waals surface area contributed by atoms with Crippen molar-refractivity contribution in [3.8, 4) is 0 Å². The van der Waals surface area contributed by atoms with Crippen LogP contribution in [0.15, 0.2) is 36.4 Å². The molecule has 1 aliphatic carbocycles. The second-order valence-electron chi connectivity index (χ2n) is 7.27. The average molecular weight is 356 g/mol. The molecule has 2 unspecified atom stereocenters. The molecule has 2 atom stereocenters. The maximum absolute atomic E-state index is 12.8. The van der Waals surface area contributed by atoms with Crippen LogP contribution in [0.1, 0.15) is 31.2 Å². The first-order chi connectivity index (χ1) is 12.6. The second-order valence-corrected chi connectivity index (χ2v) is 7.27. The van der Waals surface area contributed by atoms with Crippen LogP contribution < -0.4 is 0 Å². The smallest absolute Gasteiger partial charge is 0.307 e. The first-order valence-electron chi connectivity index (χ1n) is 9.60. The number of piperazine rings is 1. The van der Waals surface area contributed by atoms with Crippen LogP contribution in [-0.4, -0.2) is 59.5 Å². The minimum atomic E-state index is -0.812. The highest BCUT2D eigenvalue weighted by Gasteiger charge is 2.38. The normalized spacial score (nSPS) is 24.7. The number of carboxylic acids is 1. The molecule has 5 nitrogen and oxygen atoms in total. The molecule has 1 aromatic rings. The molecule has 1 aromatic carbocycles. The topological polar surface area (TPSA) is 60.9 Å². The van der Waals surface area contributed by atoms with Crippen molar-refractivity contribution in [3.63, 3.8) is 0 Å². The fourth-order valence-electron chi connectivity index (χ4n) is 4.01. The van der Waals surface area contributed by atoms with Crippen molar-refractivity contribution in [2.45, 2.75) is 25.7 Å². The standard InChI is InChI=1S/C21H28N2O3/c24-20(18-10-4-5-11-19(18)21(25)26)23-15-13-22(14-16-23)12-6-9-17-7-2-1-3-8-17/h1-3,6-9,18-19H,4-5,10-16H2,(H,25,26)/b9-6+. The number of carbonyl (C=O) groups is 2. The van der Waals surface area contributed by atoms with E-state index < -0.39 is 11.9 Å². The summed E-state index contributed by atoms with van der Waals surface area (Å²) in [5.74, 6) is -1.59. The number of hydrogen-bond acceptors (Lipinski definition) is 3. The summed E-state index contributed by atoms with van der Waals surface area (Å²) < 4.78 is 0. The van der Waals surface area contributed by atoms with Gasteiger partial charge in [-0.2, -0.15) is 0 Å². The number of hydrogen-bond donors (Lipinski definition) is 1. The Kier molecular flexibility index (Phi) is 6.45. The fraction of sp³-hybridized carbons (Fsp3) is 0.524. The van der Waals surface area contributed by atoms with Gasteiger partial charge in [0.25, 0.3) is 0 Å². The Labute approximate surface area is 155 Å². The van der Waals surface area contributed by atoms with Gasteiger partial charge in [-0.25, -0.2) is 0 Å². The third-order valence-corrected chi connectivity index (χ3v) is 5.56. The van der Waals surface area contributed by atoms with E-state index in [-0.39, 0.29) is 11.8 Å². The molecule has 2 aliphatic rings. The first kappa shape index (κ1) is 18.6. The van der Waals surface area contributed by atoms with Crippen LogP contribution in [0, 0.1) is 11.8 Å². The highest BCUT2D eigenvalue weighted by molar-refractivity contribution is 5.85. The van der Waals surface area contributed by atoms with Crippen molar-refractivity contribution in [2.75, 3.05) is 32.7 Å². The van der Waals surface area contributed by atoms with Crippen molar-refractivity contribution < 1.29 is 14.7 Å². The molecule has 5 heteroatoms. The Balaban J connectivity index is 1.47. The Bertz CT molecular complexity index is 636. The zero-order valence-corrected chi connectivity index (χ0v) is 15.2. The van der Waals surface area contributed by atoms with Crippen molar-refractivity contribution in [1.82, 2.24) is 9.80 Å². The van der Waals surface area contributed by atoms with Gasteiger partial charge in [0.1, 0.15) is 0 Å². The largest absolute Gasteiger partial charge is 0.481 e. The molecule has 0 radical (unpaired) electrons. The van der Waals surface area contributed by atoms with E-state index in [1.54, 1.807) is 0 Å². The zero-order valence-electron chi connectivity index (χ0n) is 15.2. The second kappa shape index (κ2) is 8.99. The fourth-order valence-corrected chi connectivity index (χ4v) is 4.01. The van der Waals surface area contributed by atoms with Crippen LogP contribution in [0.25, 0.3) is 6.08 Å². The van der Waals surface area contributed by atoms with E-state index >= 15 is 0 Å². The number of carboxylic acid groups (broad SMARTS) is 1. The summed E-state index contributed by atoms with van der Waals surface area (Å²) in [6.45, 7) is 3.95. The Morgan fingerprint density at radius 2 is 1.65 bits per heavy atom. The average Bonchev–Trinajstić information content (AvgIpc) is 2.69. The number of carbonyl (C=O) groups excluding carboxylic acids is 1. The summed E-state index contributed by atoms with van der Waals surface area (Å²) >= 11 is 0. The number of aliphatic carboxylic acids is 1. The molecule has 2 fully saturated rings. The van der Waals surface area contributed by atoms with Gasteiger partial charge in [0, 0.05) is 32.7 Å². The van der Waals surface area contributed by atoms with Gasteiger partial charge in [0.2, 0.25) is 5.91 Å². The number of nitrogens with zero attached hydrogens (tertiary/aromatic N) is 2. The monoisotopic (exact) mass is 356 g/mol. The van der Waals surface area contributed by atoms with Gasteiger partial charge >= 0.3 is 5.97 Å². The van der Waals surface area contributed by atoms with Crippen molar-refractivity contribution in [1.29, 1.82) is 0 Å². The van der Waals surface area contributed by atoms with Crippen molar-refractivity contribution in [3.05, 3.63) is 42.0 Å². The molecule has 0 spiro atoms. The van der Waals surface area contributed by atoms with E-state index in [9.17, 15) is 14.7 Å². The van der Waals surface area contributed by atoms with Gasteiger partial charge in [-0.1, -0.05) is 55.3 Å². The van der Waals surface area contributed by atoms with Gasteiger partial charge in [0.05, 0.1) is 11.8 Å². The van der Waals surface area contributed by atoms with E-state index in [1.807, 2.05) is 23.1 Å². The van der Waals surface area contributed by atoms with E-state index in [4.69, 9.17) is 0 Å². The molecule has 1 saturated heterocycles. The number of rotatable bonds is 5. The van der Waals surface area contributed by atoms with Crippen molar-refractivity contribution >= 4 is 18.0 Å². The lowest BCUT2D eigenvalue weighted by molar-refractivity contribution is -0.153. The van der Waals surface area contributed by atoms with Crippen LogP contribution >= 0.6 is 0 Å². The lowest BCUT2D eigenvalue weighted by Crippen LogP contribution is -2.52. The van der Waals surface area contributed by atoms with E-state index in [0.29, 0.717) is 19.5 Å². The van der Waals surface area contributed by atoms with Crippen LogP contribution in [-0.2, 0) is 9.59 Å². The first-order valence-corrected chi connectivity index (χ1v) is 9.60. The van der Waals surface area contributed by atoms with Gasteiger partial charge < -0.3 is 10.0 Å². The maximum atomic E-state index is 12.8. The van der Waals surface area contributed by atoms with E-state index in [1.165, 1.54) is 5.56 Å². The van der Waals surface area contributed by atoms with Crippen molar-refractivity contribution in [2.24, 2.45) is 11.8 Å². The molecule has 1 aliphatic heterocycles. The van der Waals surface area contributed by atoms with E-state index in [0.717, 1.165) is 38.9 Å². The van der Waals surface area contributed by atoms with Crippen LogP contribution in [0.5, 0.6) is 0 Å². The van der Waals surface area contributed by atoms with Crippen LogP contribution in [0.2, 0.25) is 0 Å². The minimum absolute atomic E-state index is 0.0524. The number of benzene rings is 1. The molecule has 26 heavy (non-hydrogen) atoms. The molecule has 1 saturated carbocycles. The van der Waals surface area contributed by atoms with Gasteiger partial charge in [-0.05, 0) is 18.4 Å². The molecule has 0 aromatic heterocycles. The quantitative estimate of drug-likeness (QED) is 0.881. The predicted molar refractivity (Wildman–Crippen MR) is 102 cm³/mol. The minimum Gasteiger partial charge on any atom is -0.481 e. The number of amides is 1. The molecule has 1 amide bonds. The zero-order chi connectivity index (χ0) is 18.4. The molecule has 1 N–H and O–H groups in total. The molecular weight excluding hydrogens is 328 g/mol. The molecule has 3 rings (SSSR count). The Morgan fingerprint density at radius 1 is 1.00 bits per heavy atom. The predicted octanol–water partition coefficient (Wildman–Crippen LogP) is 2.74. The lowest BCUT2D eigenvalue weighted by atomic mass is 9.78. The molecule has 1 heterocycles. The Morgan fingerprint density at radius 3 is 2.31 bits per heavy atom. The van der Waals surface area contributed by atoms with Gasteiger partial charge in [-0.15, -0.1) is 0 Å². The highest BCUT2D eigenvalue weighted by Crippen LogP contribution is 2.32. The summed E-state index contributed by atoms with van der Waals surface area (Å²) in [5, 5.41) is 9.40. The van der Waals surface area contributed by atoms with Crippen LogP contribution in [0.3, 0.4) is 0 Å². The maximum Gasteiger partial charge on any atom is 0.307 e. The highest BCUT2D eigenvalue weighted by atomic mass is 16.4. The summed E-state index contributed by atoms with van der Waals surface area (Å²) in [5.41, 5.74) is 1.19. The van der Waals surface area contributed by atoms with Gasteiger partial charge in [-0.3, -0.25) is 14.5 Å². The summed E-state index contributed by atoms with van der Waals surface area (Å²) in [6.07, 6.45) is 7.52. The summed E-state index contributed by atoms with van der Waals surface area (Å²) in [7, 11) is 0. The molecule has 0 bridgehead atoms. The summed E-state index contributed by atoms with van der Waals surface area (Å²) in [6, 6.07) is 10.2. The van der Waals surface area contributed by atoms with Crippen LogP contribution in [0.4, 0.5) is 0 Å². The lowest BCUT2D eigenvalue weighted by Gasteiger charge is -2.38. The molecular formula is C21H28N2O3. The summed E-state index contributed by atoms with van der Waals surface area (Å²) in [4.78, 5) is 28.5. The third kappa shape index (κ3) is 4.73. The van der Waals surface area contributed by atoms with Gasteiger partial charge in [0.15, 0.2) is 0 Å². The van der Waals surface area contributed by atoms with E-state index in [2.05, 4.69) is 29.2 Å². The Hall–Kier alpha value is -2.14. The molecule has 140 valence electrons. The third-order valence-electron chi connectivity index (χ3n) is 5.56. The SMILES string of the molecule is O=C(O)C1CCCCC1C(=O)N1CCN(C/C=C/c2ccccc2)CC1.